The first kappa shape index (κ1) is 17.6. The lowest BCUT2D eigenvalue weighted by molar-refractivity contribution is -0.122. The highest BCUT2D eigenvalue weighted by Crippen LogP contribution is 2.17. The Kier molecular flexibility index (Phi) is 7.32. The number of benzene rings is 1. The minimum Gasteiger partial charge on any atom is -0.393 e. The zero-order chi connectivity index (χ0) is 15.8. The molecule has 4 nitrogen and oxygen atoms in total. The van der Waals surface area contributed by atoms with E-state index in [1.54, 1.807) is 0 Å². The summed E-state index contributed by atoms with van der Waals surface area (Å²) >= 11 is 5.20. The largest absolute Gasteiger partial charge is 0.393 e. The average molecular weight is 307 g/mol. The summed E-state index contributed by atoms with van der Waals surface area (Å²) in [5.74, 6) is -0.00500. The van der Waals surface area contributed by atoms with Gasteiger partial charge in [0.15, 0.2) is 0 Å². The minimum absolute atomic E-state index is 0.0293. The lowest BCUT2D eigenvalue weighted by atomic mass is 9.98. The summed E-state index contributed by atoms with van der Waals surface area (Å²) in [4.78, 5) is 14.4. The van der Waals surface area contributed by atoms with Gasteiger partial charge in [-0.3, -0.25) is 9.69 Å². The van der Waals surface area contributed by atoms with Gasteiger partial charge < -0.3 is 11.1 Å². The molecule has 0 aliphatic rings. The third-order valence-corrected chi connectivity index (χ3v) is 3.53. The Labute approximate surface area is 132 Å². The molecule has 21 heavy (non-hydrogen) atoms. The van der Waals surface area contributed by atoms with Crippen molar-refractivity contribution in [2.24, 2.45) is 5.73 Å². The van der Waals surface area contributed by atoms with Crippen LogP contribution in [0.15, 0.2) is 30.3 Å². The molecule has 0 saturated heterocycles. The fraction of sp³-hybridized carbons (Fsp3) is 0.500. The first-order valence-corrected chi connectivity index (χ1v) is 7.70. The molecule has 0 spiro atoms. The van der Waals surface area contributed by atoms with E-state index in [1.165, 1.54) is 0 Å². The molecule has 0 radical (unpaired) electrons. The molecule has 116 valence electrons. The second-order valence-corrected chi connectivity index (χ2v) is 5.89. The van der Waals surface area contributed by atoms with Crippen molar-refractivity contribution in [3.63, 3.8) is 0 Å². The molecule has 0 aromatic heterocycles. The molecule has 1 atom stereocenters. The van der Waals surface area contributed by atoms with Crippen molar-refractivity contribution in [3.05, 3.63) is 35.9 Å². The minimum atomic E-state index is -0.0343. The standard InChI is InChI=1S/C16H25N3OS/c1-4-19(11-15(20)18-12(2)3)10-14(16(17)21)13-8-6-5-7-9-13/h5-9,12,14H,4,10-11H2,1-3H3,(H2,17,21)(H,18,20). The maximum Gasteiger partial charge on any atom is 0.234 e. The molecule has 1 rings (SSSR count). The van der Waals surface area contributed by atoms with Gasteiger partial charge in [0.25, 0.3) is 0 Å². The van der Waals surface area contributed by atoms with Crippen molar-refractivity contribution in [1.82, 2.24) is 10.2 Å². The fourth-order valence-corrected chi connectivity index (χ4v) is 2.39. The van der Waals surface area contributed by atoms with Crippen LogP contribution < -0.4 is 11.1 Å². The van der Waals surface area contributed by atoms with Gasteiger partial charge in [-0.2, -0.15) is 0 Å². The second-order valence-electron chi connectivity index (χ2n) is 5.42. The number of amides is 1. The Hall–Kier alpha value is -1.46. The predicted octanol–water partition coefficient (Wildman–Crippen LogP) is 1.90. The smallest absolute Gasteiger partial charge is 0.234 e. The lowest BCUT2D eigenvalue weighted by Gasteiger charge is -2.26. The molecule has 0 fully saturated rings. The van der Waals surface area contributed by atoms with Crippen LogP contribution in [0.2, 0.25) is 0 Å². The highest BCUT2D eigenvalue weighted by atomic mass is 32.1. The fourth-order valence-electron chi connectivity index (χ4n) is 2.18. The summed E-state index contributed by atoms with van der Waals surface area (Å²) in [5, 5.41) is 2.91. The highest BCUT2D eigenvalue weighted by Gasteiger charge is 2.19. The first-order chi connectivity index (χ1) is 9.93. The van der Waals surface area contributed by atoms with Crippen molar-refractivity contribution in [2.75, 3.05) is 19.6 Å². The Morgan fingerprint density at radius 2 is 1.95 bits per heavy atom. The number of hydrogen-bond donors (Lipinski definition) is 2. The van der Waals surface area contributed by atoms with Crippen LogP contribution in [-0.2, 0) is 4.79 Å². The highest BCUT2D eigenvalue weighted by molar-refractivity contribution is 7.80. The van der Waals surface area contributed by atoms with Crippen LogP contribution >= 0.6 is 12.2 Å². The van der Waals surface area contributed by atoms with Crippen molar-refractivity contribution in [1.29, 1.82) is 0 Å². The molecule has 0 aliphatic heterocycles. The van der Waals surface area contributed by atoms with Gasteiger partial charge in [-0.1, -0.05) is 49.5 Å². The van der Waals surface area contributed by atoms with Crippen molar-refractivity contribution in [2.45, 2.75) is 32.7 Å². The van der Waals surface area contributed by atoms with Crippen molar-refractivity contribution < 1.29 is 4.79 Å². The lowest BCUT2D eigenvalue weighted by Crippen LogP contribution is -2.42. The molecule has 1 aromatic rings. The maximum absolute atomic E-state index is 11.9. The predicted molar refractivity (Wildman–Crippen MR) is 91.4 cm³/mol. The molecule has 0 saturated carbocycles. The van der Waals surface area contributed by atoms with E-state index in [-0.39, 0.29) is 17.9 Å². The number of carbonyl (C=O) groups excluding carboxylic acids is 1. The van der Waals surface area contributed by atoms with Gasteiger partial charge in [0.1, 0.15) is 0 Å². The molecule has 0 heterocycles. The molecule has 5 heteroatoms. The number of nitrogens with two attached hydrogens (primary N) is 1. The van der Waals surface area contributed by atoms with Crippen molar-refractivity contribution >= 4 is 23.1 Å². The number of hydrogen-bond acceptors (Lipinski definition) is 3. The maximum atomic E-state index is 11.9. The van der Waals surface area contributed by atoms with E-state index in [2.05, 4.69) is 10.2 Å². The van der Waals surface area contributed by atoms with Crippen LogP contribution in [0.5, 0.6) is 0 Å². The summed E-state index contributed by atoms with van der Waals surface area (Å²) in [6.45, 7) is 7.73. The normalized spacial score (nSPS) is 12.4. The molecule has 1 aromatic carbocycles. The number of rotatable bonds is 8. The summed E-state index contributed by atoms with van der Waals surface area (Å²) in [7, 11) is 0. The second kappa shape index (κ2) is 8.74. The van der Waals surface area contributed by atoms with Crippen LogP contribution in [0.3, 0.4) is 0 Å². The third kappa shape index (κ3) is 6.23. The van der Waals surface area contributed by atoms with E-state index in [9.17, 15) is 4.79 Å². The molecule has 3 N–H and O–H groups in total. The summed E-state index contributed by atoms with van der Waals surface area (Å²) in [5.41, 5.74) is 6.98. The quantitative estimate of drug-likeness (QED) is 0.720. The van der Waals surface area contributed by atoms with Gasteiger partial charge in [-0.05, 0) is 26.0 Å². The van der Waals surface area contributed by atoms with Gasteiger partial charge in [0.2, 0.25) is 5.91 Å². The first-order valence-electron chi connectivity index (χ1n) is 7.30. The van der Waals surface area contributed by atoms with Gasteiger partial charge in [-0.25, -0.2) is 0 Å². The van der Waals surface area contributed by atoms with E-state index in [4.69, 9.17) is 18.0 Å². The number of nitrogens with one attached hydrogen (secondary N) is 1. The number of thiocarbonyl (C=S) groups is 1. The van der Waals surface area contributed by atoms with Gasteiger partial charge >= 0.3 is 0 Å². The van der Waals surface area contributed by atoms with Gasteiger partial charge in [0, 0.05) is 18.5 Å². The van der Waals surface area contributed by atoms with E-state index >= 15 is 0 Å². The van der Waals surface area contributed by atoms with Crippen LogP contribution in [0.25, 0.3) is 0 Å². The Morgan fingerprint density at radius 3 is 2.43 bits per heavy atom. The van der Waals surface area contributed by atoms with Crippen LogP contribution in [-0.4, -0.2) is 41.5 Å². The topological polar surface area (TPSA) is 58.4 Å². The van der Waals surface area contributed by atoms with Crippen molar-refractivity contribution in [3.8, 4) is 0 Å². The molecule has 1 amide bonds. The van der Waals surface area contributed by atoms with E-state index in [1.807, 2.05) is 51.1 Å². The van der Waals surface area contributed by atoms with Crippen LogP contribution in [0.1, 0.15) is 32.3 Å². The molecular weight excluding hydrogens is 282 g/mol. The summed E-state index contributed by atoms with van der Waals surface area (Å²) < 4.78 is 0. The number of carbonyl (C=O) groups is 1. The summed E-state index contributed by atoms with van der Waals surface area (Å²) in [6, 6.07) is 10.1. The molecular formula is C16H25N3OS. The van der Waals surface area contributed by atoms with E-state index < -0.39 is 0 Å². The van der Waals surface area contributed by atoms with Crippen LogP contribution in [0.4, 0.5) is 0 Å². The Morgan fingerprint density at radius 1 is 1.33 bits per heavy atom. The van der Waals surface area contributed by atoms with Gasteiger partial charge in [0.05, 0.1) is 11.5 Å². The Bertz CT molecular complexity index is 462. The van der Waals surface area contributed by atoms with Gasteiger partial charge in [-0.15, -0.1) is 0 Å². The number of nitrogens with zero attached hydrogens (tertiary/aromatic N) is 1. The molecule has 0 aliphatic carbocycles. The summed E-state index contributed by atoms with van der Waals surface area (Å²) in [6.07, 6.45) is 0. The van der Waals surface area contributed by atoms with Crippen LogP contribution in [0, 0.1) is 0 Å². The average Bonchev–Trinajstić information content (AvgIpc) is 2.43. The number of likely N-dealkylation sites (N-methyl/N-ethyl adjacent to an activating group) is 1. The zero-order valence-corrected chi connectivity index (χ0v) is 13.8. The molecule has 0 bridgehead atoms. The van der Waals surface area contributed by atoms with E-state index in [0.29, 0.717) is 18.1 Å². The Balaban J connectivity index is 2.72. The third-order valence-electron chi connectivity index (χ3n) is 3.25. The molecule has 1 unspecified atom stereocenters. The van der Waals surface area contributed by atoms with E-state index in [0.717, 1.165) is 12.1 Å². The zero-order valence-electron chi connectivity index (χ0n) is 13.0. The SMILES string of the molecule is CCN(CC(=O)NC(C)C)CC(C(N)=S)c1ccccc1. The monoisotopic (exact) mass is 307 g/mol.